The summed E-state index contributed by atoms with van der Waals surface area (Å²) >= 11 is 0. The number of carbonyl (C=O) groups excluding carboxylic acids is 1. The number of benzene rings is 1. The molecule has 1 aromatic carbocycles. The van der Waals surface area contributed by atoms with Crippen LogP contribution in [0.25, 0.3) is 6.08 Å². The first-order valence-corrected chi connectivity index (χ1v) is 8.71. The maximum atomic E-state index is 12.3. The Morgan fingerprint density at radius 2 is 2.04 bits per heavy atom. The van der Waals surface area contributed by atoms with Crippen molar-refractivity contribution >= 4 is 11.9 Å². The zero-order valence-electron chi connectivity index (χ0n) is 15.4. The number of rotatable bonds is 9. The van der Waals surface area contributed by atoms with Crippen LogP contribution in [0.5, 0.6) is 11.5 Å². The van der Waals surface area contributed by atoms with Gasteiger partial charge in [0.2, 0.25) is 0 Å². The number of ketones is 1. The molecular formula is C20H26N2O3. The molecule has 5 nitrogen and oxygen atoms in total. The summed E-state index contributed by atoms with van der Waals surface area (Å²) in [6, 6.07) is 5.90. The van der Waals surface area contributed by atoms with Crippen molar-refractivity contribution in [1.29, 1.82) is 0 Å². The van der Waals surface area contributed by atoms with Crippen LogP contribution in [0.15, 0.2) is 36.7 Å². The molecule has 0 radical (unpaired) electrons. The van der Waals surface area contributed by atoms with Crippen LogP contribution >= 0.6 is 0 Å². The van der Waals surface area contributed by atoms with Gasteiger partial charge in [0.25, 0.3) is 0 Å². The summed E-state index contributed by atoms with van der Waals surface area (Å²) in [5, 5.41) is 4.20. The first kappa shape index (κ1) is 18.8. The van der Waals surface area contributed by atoms with Crippen LogP contribution in [-0.4, -0.2) is 28.8 Å². The van der Waals surface area contributed by atoms with E-state index >= 15 is 0 Å². The molecule has 2 aromatic rings. The molecule has 0 amide bonds. The Hall–Kier alpha value is -2.56. The SMILES string of the molecule is CCCOc1ccc(/C=C/C(=O)c2cnn(C(C)C)c2)cc1OCC. The standard InChI is InChI=1S/C20H26N2O3/c1-5-11-25-19-10-8-16(12-20(19)24-6-2)7-9-18(23)17-13-21-22(14-17)15(3)4/h7-10,12-15H,5-6,11H2,1-4H3/b9-7+. The van der Waals surface area contributed by atoms with Gasteiger partial charge in [-0.15, -0.1) is 0 Å². The van der Waals surface area contributed by atoms with Crippen LogP contribution in [0, 0.1) is 0 Å². The normalized spacial score (nSPS) is 11.2. The Morgan fingerprint density at radius 1 is 1.24 bits per heavy atom. The highest BCUT2D eigenvalue weighted by Gasteiger charge is 2.08. The van der Waals surface area contributed by atoms with E-state index in [1.165, 1.54) is 0 Å². The van der Waals surface area contributed by atoms with Crippen molar-refractivity contribution in [1.82, 2.24) is 9.78 Å². The summed E-state index contributed by atoms with van der Waals surface area (Å²) in [4.78, 5) is 12.3. The molecule has 0 atom stereocenters. The van der Waals surface area contributed by atoms with E-state index in [-0.39, 0.29) is 11.8 Å². The summed E-state index contributed by atoms with van der Waals surface area (Å²) < 4.78 is 13.1. The van der Waals surface area contributed by atoms with Crippen molar-refractivity contribution in [3.8, 4) is 11.5 Å². The molecule has 1 heterocycles. The molecule has 0 saturated carbocycles. The van der Waals surface area contributed by atoms with E-state index in [0.717, 1.165) is 17.7 Å². The van der Waals surface area contributed by atoms with Gasteiger partial charge in [-0.25, -0.2) is 0 Å². The topological polar surface area (TPSA) is 53.3 Å². The molecule has 0 spiro atoms. The highest BCUT2D eigenvalue weighted by molar-refractivity contribution is 6.06. The molecule has 0 saturated heterocycles. The van der Waals surface area contributed by atoms with E-state index in [1.54, 1.807) is 29.2 Å². The number of ether oxygens (including phenoxy) is 2. The third-order valence-corrected chi connectivity index (χ3v) is 3.57. The Balaban J connectivity index is 2.13. The van der Waals surface area contributed by atoms with Gasteiger partial charge in [-0.1, -0.05) is 19.1 Å². The molecule has 0 N–H and O–H groups in total. The van der Waals surface area contributed by atoms with Gasteiger partial charge in [-0.05, 0) is 51.0 Å². The lowest BCUT2D eigenvalue weighted by Crippen LogP contribution is -2.00. The molecule has 0 unspecified atom stereocenters. The Labute approximate surface area is 149 Å². The fourth-order valence-corrected chi connectivity index (χ4v) is 2.24. The fraction of sp³-hybridized carbons (Fsp3) is 0.400. The van der Waals surface area contributed by atoms with E-state index in [2.05, 4.69) is 12.0 Å². The summed E-state index contributed by atoms with van der Waals surface area (Å²) in [5.41, 5.74) is 1.47. The molecule has 134 valence electrons. The van der Waals surface area contributed by atoms with Crippen LogP contribution in [0.3, 0.4) is 0 Å². The lowest BCUT2D eigenvalue weighted by atomic mass is 10.1. The summed E-state index contributed by atoms with van der Waals surface area (Å²) in [6.07, 6.45) is 7.64. The second-order valence-electron chi connectivity index (χ2n) is 5.99. The van der Waals surface area contributed by atoms with Gasteiger partial charge in [-0.2, -0.15) is 5.10 Å². The molecule has 5 heteroatoms. The lowest BCUT2D eigenvalue weighted by molar-refractivity contribution is 0.104. The molecule has 2 rings (SSSR count). The molecular weight excluding hydrogens is 316 g/mol. The Bertz CT molecular complexity index is 732. The highest BCUT2D eigenvalue weighted by Crippen LogP contribution is 2.29. The molecule has 25 heavy (non-hydrogen) atoms. The zero-order chi connectivity index (χ0) is 18.2. The largest absolute Gasteiger partial charge is 0.490 e. The minimum atomic E-state index is -0.0730. The van der Waals surface area contributed by atoms with Crippen LogP contribution in [-0.2, 0) is 0 Å². The third kappa shape index (κ3) is 5.21. The van der Waals surface area contributed by atoms with Crippen molar-refractivity contribution in [3.63, 3.8) is 0 Å². The second-order valence-corrected chi connectivity index (χ2v) is 5.99. The van der Waals surface area contributed by atoms with Gasteiger partial charge in [-0.3, -0.25) is 9.48 Å². The average Bonchev–Trinajstić information content (AvgIpc) is 3.09. The number of allylic oxidation sites excluding steroid dienone is 1. The molecule has 0 aliphatic heterocycles. The third-order valence-electron chi connectivity index (χ3n) is 3.57. The first-order valence-electron chi connectivity index (χ1n) is 8.71. The smallest absolute Gasteiger partial charge is 0.189 e. The number of carbonyl (C=O) groups is 1. The van der Waals surface area contributed by atoms with Gasteiger partial charge in [0.1, 0.15) is 0 Å². The number of hydrogen-bond acceptors (Lipinski definition) is 4. The minimum absolute atomic E-state index is 0.0730. The number of nitrogens with zero attached hydrogens (tertiary/aromatic N) is 2. The van der Waals surface area contributed by atoms with E-state index in [1.807, 2.05) is 39.0 Å². The predicted octanol–water partition coefficient (Wildman–Crippen LogP) is 4.55. The second kappa shape index (κ2) is 9.06. The van der Waals surface area contributed by atoms with Crippen molar-refractivity contribution < 1.29 is 14.3 Å². The van der Waals surface area contributed by atoms with Gasteiger partial charge < -0.3 is 9.47 Å². The van der Waals surface area contributed by atoms with E-state index < -0.39 is 0 Å². The molecule has 1 aromatic heterocycles. The van der Waals surface area contributed by atoms with Crippen molar-refractivity contribution in [2.24, 2.45) is 0 Å². The number of hydrogen-bond donors (Lipinski definition) is 0. The van der Waals surface area contributed by atoms with Gasteiger partial charge in [0, 0.05) is 12.2 Å². The lowest BCUT2D eigenvalue weighted by Gasteiger charge is -2.11. The van der Waals surface area contributed by atoms with Crippen LogP contribution in [0.4, 0.5) is 0 Å². The monoisotopic (exact) mass is 342 g/mol. The van der Waals surface area contributed by atoms with Gasteiger partial charge >= 0.3 is 0 Å². The van der Waals surface area contributed by atoms with Crippen LogP contribution < -0.4 is 9.47 Å². The quantitative estimate of drug-likeness (QED) is 0.495. The maximum absolute atomic E-state index is 12.3. The van der Waals surface area contributed by atoms with E-state index in [0.29, 0.717) is 24.5 Å². The maximum Gasteiger partial charge on any atom is 0.189 e. The van der Waals surface area contributed by atoms with Crippen molar-refractivity contribution in [2.75, 3.05) is 13.2 Å². The highest BCUT2D eigenvalue weighted by atomic mass is 16.5. The van der Waals surface area contributed by atoms with Crippen molar-refractivity contribution in [3.05, 3.63) is 47.8 Å². The molecule has 0 aliphatic carbocycles. The van der Waals surface area contributed by atoms with E-state index in [9.17, 15) is 4.79 Å². The fourth-order valence-electron chi connectivity index (χ4n) is 2.24. The Kier molecular flexibility index (Phi) is 6.81. The number of aromatic nitrogens is 2. The van der Waals surface area contributed by atoms with Crippen LogP contribution in [0.1, 0.15) is 56.1 Å². The first-order chi connectivity index (χ1) is 12.0. The van der Waals surface area contributed by atoms with E-state index in [4.69, 9.17) is 9.47 Å². The molecule has 0 aliphatic rings. The predicted molar refractivity (Wildman–Crippen MR) is 99.4 cm³/mol. The van der Waals surface area contributed by atoms with Gasteiger partial charge in [0.05, 0.1) is 25.0 Å². The molecule has 0 fully saturated rings. The summed E-state index contributed by atoms with van der Waals surface area (Å²) in [7, 11) is 0. The molecule has 0 bridgehead atoms. The summed E-state index contributed by atoms with van der Waals surface area (Å²) in [5.74, 6) is 1.35. The average molecular weight is 342 g/mol. The zero-order valence-corrected chi connectivity index (χ0v) is 15.4. The van der Waals surface area contributed by atoms with Gasteiger partial charge in [0.15, 0.2) is 17.3 Å². The Morgan fingerprint density at radius 3 is 2.68 bits per heavy atom. The minimum Gasteiger partial charge on any atom is -0.490 e. The van der Waals surface area contributed by atoms with Crippen molar-refractivity contribution in [2.45, 2.75) is 40.2 Å². The summed E-state index contributed by atoms with van der Waals surface area (Å²) in [6.45, 7) is 9.24. The van der Waals surface area contributed by atoms with Crippen LogP contribution in [0.2, 0.25) is 0 Å².